The maximum absolute atomic E-state index is 9.74. The van der Waals surface area contributed by atoms with Crippen molar-refractivity contribution in [3.05, 3.63) is 24.0 Å². The second-order valence-electron chi connectivity index (χ2n) is 5.72. The number of rotatable bonds is 3. The van der Waals surface area contributed by atoms with Gasteiger partial charge >= 0.3 is 0 Å². The van der Waals surface area contributed by atoms with Gasteiger partial charge in [-0.05, 0) is 36.8 Å². The first-order valence-corrected chi connectivity index (χ1v) is 6.99. The van der Waals surface area contributed by atoms with Gasteiger partial charge in [-0.1, -0.05) is 20.8 Å². The van der Waals surface area contributed by atoms with E-state index in [1.165, 1.54) is 12.1 Å². The summed E-state index contributed by atoms with van der Waals surface area (Å²) in [5, 5.41) is 9.74. The number of aliphatic hydroxyl groups is 1. The summed E-state index contributed by atoms with van der Waals surface area (Å²) < 4.78 is 0. The van der Waals surface area contributed by atoms with E-state index in [2.05, 4.69) is 29.8 Å². The molecule has 0 aromatic carbocycles. The zero-order valence-electron chi connectivity index (χ0n) is 11.6. The van der Waals surface area contributed by atoms with Crippen LogP contribution in [0.3, 0.4) is 0 Å². The van der Waals surface area contributed by atoms with Crippen LogP contribution in [-0.4, -0.2) is 23.2 Å². The number of piperidine rings is 1. The Morgan fingerprint density at radius 3 is 2.50 bits per heavy atom. The molecule has 3 atom stereocenters. The Bertz CT molecular complexity index is 367. The van der Waals surface area contributed by atoms with Crippen LogP contribution in [0.5, 0.6) is 0 Å². The first-order chi connectivity index (χ1) is 8.60. The summed E-state index contributed by atoms with van der Waals surface area (Å²) in [4.78, 5) is 6.79. The minimum absolute atomic E-state index is 0.432. The van der Waals surface area contributed by atoms with Crippen molar-refractivity contribution in [2.75, 3.05) is 18.0 Å². The van der Waals surface area contributed by atoms with Crippen molar-refractivity contribution in [2.24, 2.45) is 11.8 Å². The molecule has 0 spiro atoms. The molecule has 2 heterocycles. The third-order valence-electron chi connectivity index (χ3n) is 3.73. The predicted octanol–water partition coefficient (Wildman–Crippen LogP) is 3.01. The molecule has 0 amide bonds. The van der Waals surface area contributed by atoms with Gasteiger partial charge in [0.25, 0.3) is 0 Å². The van der Waals surface area contributed by atoms with Crippen LogP contribution in [0.2, 0.25) is 0 Å². The average molecular weight is 248 g/mol. The first kappa shape index (κ1) is 13.3. The van der Waals surface area contributed by atoms with Crippen LogP contribution in [0.25, 0.3) is 0 Å². The van der Waals surface area contributed by atoms with Gasteiger partial charge < -0.3 is 10.0 Å². The summed E-state index contributed by atoms with van der Waals surface area (Å²) in [6.07, 6.45) is 3.50. The van der Waals surface area contributed by atoms with Crippen molar-refractivity contribution in [1.82, 2.24) is 4.98 Å². The molecule has 1 aromatic heterocycles. The highest BCUT2D eigenvalue weighted by atomic mass is 16.3. The van der Waals surface area contributed by atoms with Crippen LogP contribution in [0.4, 0.5) is 5.69 Å². The van der Waals surface area contributed by atoms with Crippen LogP contribution in [0, 0.1) is 11.8 Å². The van der Waals surface area contributed by atoms with Crippen molar-refractivity contribution in [1.29, 1.82) is 0 Å². The molecule has 18 heavy (non-hydrogen) atoms. The van der Waals surface area contributed by atoms with Crippen LogP contribution in [0.15, 0.2) is 18.3 Å². The second kappa shape index (κ2) is 5.70. The number of nitrogens with zero attached hydrogens (tertiary/aromatic N) is 2. The van der Waals surface area contributed by atoms with Gasteiger partial charge in [-0.25, -0.2) is 0 Å². The van der Waals surface area contributed by atoms with E-state index in [9.17, 15) is 5.11 Å². The van der Waals surface area contributed by atoms with Crippen LogP contribution < -0.4 is 4.90 Å². The molecular formula is C15H24N2O. The molecule has 1 aromatic rings. The Hall–Kier alpha value is -1.09. The number of pyridine rings is 1. The molecule has 1 N–H and O–H groups in total. The molecule has 3 heteroatoms. The van der Waals surface area contributed by atoms with Gasteiger partial charge in [0, 0.05) is 13.1 Å². The van der Waals surface area contributed by atoms with E-state index in [1.807, 2.05) is 19.2 Å². The molecule has 1 fully saturated rings. The van der Waals surface area contributed by atoms with Gasteiger partial charge in [0.05, 0.1) is 23.7 Å². The van der Waals surface area contributed by atoms with E-state index in [4.69, 9.17) is 0 Å². The highest BCUT2D eigenvalue weighted by Gasteiger charge is 2.22. The fraction of sp³-hybridized carbons (Fsp3) is 0.667. The summed E-state index contributed by atoms with van der Waals surface area (Å²) in [6, 6.07) is 4.04. The fourth-order valence-electron chi connectivity index (χ4n) is 2.86. The van der Waals surface area contributed by atoms with E-state index in [-0.39, 0.29) is 0 Å². The first-order valence-electron chi connectivity index (χ1n) is 6.99. The molecule has 1 aliphatic rings. The summed E-state index contributed by atoms with van der Waals surface area (Å²) in [7, 11) is 0. The minimum Gasteiger partial charge on any atom is -0.387 e. The molecule has 0 radical (unpaired) electrons. The Labute approximate surface area is 110 Å². The monoisotopic (exact) mass is 248 g/mol. The third kappa shape index (κ3) is 3.02. The predicted molar refractivity (Wildman–Crippen MR) is 74.6 cm³/mol. The number of anilines is 1. The van der Waals surface area contributed by atoms with Crippen LogP contribution >= 0.6 is 0 Å². The van der Waals surface area contributed by atoms with Gasteiger partial charge in [-0.15, -0.1) is 0 Å². The highest BCUT2D eigenvalue weighted by molar-refractivity contribution is 5.45. The molecule has 0 bridgehead atoms. The molecule has 0 aliphatic carbocycles. The largest absolute Gasteiger partial charge is 0.387 e. The van der Waals surface area contributed by atoms with E-state index in [1.54, 1.807) is 0 Å². The van der Waals surface area contributed by atoms with Crippen LogP contribution in [0.1, 0.15) is 45.4 Å². The number of hydrogen-bond donors (Lipinski definition) is 1. The highest BCUT2D eigenvalue weighted by Crippen LogP contribution is 2.26. The van der Waals surface area contributed by atoms with E-state index in [0.717, 1.165) is 30.6 Å². The quantitative estimate of drug-likeness (QED) is 0.893. The van der Waals surface area contributed by atoms with Crippen molar-refractivity contribution in [2.45, 2.75) is 39.7 Å². The zero-order valence-corrected chi connectivity index (χ0v) is 11.6. The lowest BCUT2D eigenvalue weighted by molar-refractivity contribution is 0.169. The summed E-state index contributed by atoms with van der Waals surface area (Å²) >= 11 is 0. The number of aromatic nitrogens is 1. The van der Waals surface area contributed by atoms with Crippen molar-refractivity contribution in [3.63, 3.8) is 0 Å². The molecule has 1 aliphatic heterocycles. The Morgan fingerprint density at radius 2 is 2.00 bits per heavy atom. The van der Waals surface area contributed by atoms with Crippen molar-refractivity contribution in [3.8, 4) is 0 Å². The van der Waals surface area contributed by atoms with Gasteiger partial charge in [0.15, 0.2) is 0 Å². The lowest BCUT2D eigenvalue weighted by Gasteiger charge is -2.36. The lowest BCUT2D eigenvalue weighted by atomic mass is 9.91. The molecule has 2 unspecified atom stereocenters. The Morgan fingerprint density at radius 1 is 1.33 bits per heavy atom. The van der Waals surface area contributed by atoms with E-state index in [0.29, 0.717) is 6.42 Å². The van der Waals surface area contributed by atoms with Gasteiger partial charge in [-0.3, -0.25) is 4.98 Å². The van der Waals surface area contributed by atoms with Gasteiger partial charge in [0.2, 0.25) is 0 Å². The fourth-order valence-corrected chi connectivity index (χ4v) is 2.86. The lowest BCUT2D eigenvalue weighted by Crippen LogP contribution is -2.38. The summed E-state index contributed by atoms with van der Waals surface area (Å²) in [6.45, 7) is 8.81. The molecular weight excluding hydrogens is 224 g/mol. The molecule has 2 rings (SSSR count). The van der Waals surface area contributed by atoms with Crippen molar-refractivity contribution < 1.29 is 5.11 Å². The zero-order chi connectivity index (χ0) is 13.1. The smallest absolute Gasteiger partial charge is 0.0957 e. The Balaban J connectivity index is 2.09. The standard InChI is InChI=1S/C15H24N2O/c1-4-15(18)14-6-5-13(8-16-14)17-9-11(2)7-12(3)10-17/h5-6,8,11-12,15,18H,4,7,9-10H2,1-3H3/t11?,12?,15-/m1/s1. The van der Waals surface area contributed by atoms with E-state index >= 15 is 0 Å². The van der Waals surface area contributed by atoms with Gasteiger partial charge in [-0.2, -0.15) is 0 Å². The van der Waals surface area contributed by atoms with Crippen molar-refractivity contribution >= 4 is 5.69 Å². The molecule has 3 nitrogen and oxygen atoms in total. The summed E-state index contributed by atoms with van der Waals surface area (Å²) in [5.41, 5.74) is 1.96. The molecule has 0 saturated carbocycles. The maximum Gasteiger partial charge on any atom is 0.0957 e. The number of hydrogen-bond acceptors (Lipinski definition) is 3. The minimum atomic E-state index is -0.432. The summed E-state index contributed by atoms with van der Waals surface area (Å²) in [5.74, 6) is 1.49. The normalized spacial score (nSPS) is 26.1. The van der Waals surface area contributed by atoms with Crippen LogP contribution in [-0.2, 0) is 0 Å². The average Bonchev–Trinajstić information content (AvgIpc) is 2.37. The topological polar surface area (TPSA) is 36.4 Å². The molecule has 100 valence electrons. The third-order valence-corrected chi connectivity index (χ3v) is 3.73. The maximum atomic E-state index is 9.74. The van der Waals surface area contributed by atoms with Gasteiger partial charge in [0.1, 0.15) is 0 Å². The second-order valence-corrected chi connectivity index (χ2v) is 5.72. The Kier molecular flexibility index (Phi) is 4.23. The number of aliphatic hydroxyl groups excluding tert-OH is 1. The molecule has 1 saturated heterocycles. The SMILES string of the molecule is CC[C@@H](O)c1ccc(N2CC(C)CC(C)C2)cn1. The van der Waals surface area contributed by atoms with E-state index < -0.39 is 6.10 Å².